The molecule has 3 heterocycles. The molecule has 1 unspecified atom stereocenters. The minimum absolute atomic E-state index is 0.00618. The summed E-state index contributed by atoms with van der Waals surface area (Å²) in [6, 6.07) is -3.54. The van der Waals surface area contributed by atoms with Crippen molar-refractivity contribution < 1.29 is 136 Å². The largest absolute Gasteiger partial charge is 0.471 e. The second-order valence-corrected chi connectivity index (χ2v) is 25.9. The number of carbonyl (C=O) groups is 8. The van der Waals surface area contributed by atoms with Crippen LogP contribution in [0.1, 0.15) is 137 Å². The van der Waals surface area contributed by atoms with Gasteiger partial charge in [-0.25, -0.2) is 4.57 Å². The van der Waals surface area contributed by atoms with Gasteiger partial charge in [-0.15, -0.1) is 0 Å². The van der Waals surface area contributed by atoms with Crippen LogP contribution in [0, 0.1) is 23.7 Å². The van der Waals surface area contributed by atoms with Crippen molar-refractivity contribution >= 4 is 54.8 Å². The van der Waals surface area contributed by atoms with Crippen LogP contribution in [0.5, 0.6) is 0 Å². The van der Waals surface area contributed by atoms with E-state index in [-0.39, 0.29) is 110 Å². The molecule has 95 heavy (non-hydrogen) atoms. The Morgan fingerprint density at radius 2 is 0.968 bits per heavy atom. The summed E-state index contributed by atoms with van der Waals surface area (Å²) in [5.41, 5.74) is 0. The molecule has 20 atom stereocenters. The summed E-state index contributed by atoms with van der Waals surface area (Å²) < 4.78 is 54.8. The smallest absolute Gasteiger partial charge is 0.394 e. The van der Waals surface area contributed by atoms with Gasteiger partial charge in [-0.1, -0.05) is 20.8 Å². The van der Waals surface area contributed by atoms with Crippen LogP contribution in [0.4, 0.5) is 0 Å². The van der Waals surface area contributed by atoms with E-state index in [0.717, 1.165) is 7.11 Å². The summed E-state index contributed by atoms with van der Waals surface area (Å²) in [6.45, 7) is 4.03. The summed E-state index contributed by atoms with van der Waals surface area (Å²) >= 11 is 0. The molecule has 3 aliphatic rings. The molecular weight excluding hydrogens is 1280 g/mol. The first-order chi connectivity index (χ1) is 45.1. The van der Waals surface area contributed by atoms with E-state index < -0.39 is 204 Å². The zero-order chi connectivity index (χ0) is 70.8. The van der Waals surface area contributed by atoms with Crippen LogP contribution < -0.4 is 31.9 Å². The number of phosphoric acid groups is 1. The third kappa shape index (κ3) is 30.7. The van der Waals surface area contributed by atoms with Crippen LogP contribution >= 0.6 is 7.82 Å². The summed E-state index contributed by atoms with van der Waals surface area (Å²) in [6.07, 6.45) is -13.2. The summed E-state index contributed by atoms with van der Waals surface area (Å²) in [5, 5.41) is 116. The highest BCUT2D eigenvalue weighted by atomic mass is 31.2. The van der Waals surface area contributed by atoms with E-state index in [1.54, 1.807) is 20.8 Å². The van der Waals surface area contributed by atoms with Gasteiger partial charge in [0.1, 0.15) is 54.6 Å². The van der Waals surface area contributed by atoms with Crippen LogP contribution in [0.2, 0.25) is 0 Å². The number of aliphatic hydroxyl groups is 10. The van der Waals surface area contributed by atoms with Crippen molar-refractivity contribution in [3.63, 3.8) is 0 Å². The zero-order valence-electron chi connectivity index (χ0n) is 55.1. The normalized spacial score (nSPS) is 28.0. The highest BCUT2D eigenvalue weighted by Gasteiger charge is 2.46. The molecule has 0 radical (unpaired) electrons. The number of amides is 6. The summed E-state index contributed by atoms with van der Waals surface area (Å²) in [4.78, 5) is 116. The number of aliphatic hydroxyl groups excluding tert-OH is 10. The first-order valence-corrected chi connectivity index (χ1v) is 34.2. The Hall–Kier alpha value is -4.37. The van der Waals surface area contributed by atoms with E-state index in [4.69, 9.17) is 32.9 Å². The molecule has 34 nitrogen and oxygen atoms in total. The van der Waals surface area contributed by atoms with Gasteiger partial charge in [-0.2, -0.15) is 0 Å². The van der Waals surface area contributed by atoms with Gasteiger partial charge < -0.3 is 116 Å². The van der Waals surface area contributed by atoms with E-state index in [1.807, 2.05) is 0 Å². The number of nitrogens with one attached hydrogen (secondary N) is 6. The number of carbonyl (C=O) groups excluding carboxylic acids is 8. The lowest BCUT2D eigenvalue weighted by Gasteiger charge is -2.42. The molecule has 550 valence electrons. The average Bonchev–Trinajstić information content (AvgIpc) is 0.834. The van der Waals surface area contributed by atoms with E-state index in [1.165, 1.54) is 6.92 Å². The monoisotopic (exact) mass is 1390 g/mol. The van der Waals surface area contributed by atoms with Crippen molar-refractivity contribution in [1.82, 2.24) is 31.9 Å². The number of ether oxygens (including phenoxy) is 6. The predicted molar refractivity (Wildman–Crippen MR) is 331 cm³/mol. The van der Waals surface area contributed by atoms with Crippen molar-refractivity contribution in [2.24, 2.45) is 23.7 Å². The van der Waals surface area contributed by atoms with Gasteiger partial charge in [0.15, 0.2) is 24.7 Å². The average molecular weight is 1390 g/mol. The molecule has 0 spiro atoms. The van der Waals surface area contributed by atoms with Crippen molar-refractivity contribution in [3.8, 4) is 0 Å². The quantitative estimate of drug-likeness (QED) is 0.0205. The van der Waals surface area contributed by atoms with Gasteiger partial charge in [0.2, 0.25) is 35.4 Å². The first-order valence-electron chi connectivity index (χ1n) is 32.7. The van der Waals surface area contributed by atoms with Crippen molar-refractivity contribution in [2.45, 2.75) is 229 Å². The second-order valence-electron chi connectivity index (χ2n) is 24.4. The molecule has 3 aliphatic heterocycles. The number of hydrogen-bond acceptors (Lipinski definition) is 27. The van der Waals surface area contributed by atoms with Gasteiger partial charge in [-0.3, -0.25) is 47.4 Å². The minimum Gasteiger partial charge on any atom is -0.394 e. The molecule has 3 fully saturated rings. The SMILES string of the molecule is COP(=O)(O)OC[C@@H](CO)NC(=O)CCCCC(=O)[C@H](CCC(=O)NCCCCO[C@@H]1O[C@H](CO)[C@H](O)[C@H](O)[C@H]1C)NC(=O)[C@H](CCC(=O)NCCCCO[C@@H]1O[C@H](CO)[C@H](O)[C@H](O)[C@H]1NC(C)=O)CC(=O)[C@@H](C)CCC(=O)NCCCCO[C@@H]1O[C@H](CO)[C@H](O)[C@H](O)[C@H]1C. The van der Waals surface area contributed by atoms with E-state index in [0.29, 0.717) is 38.5 Å². The third-order valence-corrected chi connectivity index (χ3v) is 17.7. The number of Topliss-reactive ketones (excluding diaryl/α,β-unsaturated/α-hetero) is 2. The topological polar surface area (TPSA) is 522 Å². The fourth-order valence-electron chi connectivity index (χ4n) is 10.6. The van der Waals surface area contributed by atoms with Gasteiger partial charge in [0.05, 0.1) is 57.3 Å². The summed E-state index contributed by atoms with van der Waals surface area (Å²) in [7, 11) is -3.48. The number of hydrogen-bond donors (Lipinski definition) is 17. The van der Waals surface area contributed by atoms with Crippen LogP contribution in [-0.2, 0) is 80.4 Å². The first kappa shape index (κ1) is 84.9. The fraction of sp³-hybridized carbons (Fsp3) is 0.867. The van der Waals surface area contributed by atoms with Crippen LogP contribution in [-0.4, -0.2) is 274 Å². The number of phosphoric ester groups is 1. The minimum atomic E-state index is -4.42. The van der Waals surface area contributed by atoms with Crippen molar-refractivity contribution in [1.29, 1.82) is 0 Å². The van der Waals surface area contributed by atoms with Crippen molar-refractivity contribution in [2.75, 3.05) is 79.6 Å². The molecule has 6 amide bonds. The van der Waals surface area contributed by atoms with Crippen LogP contribution in [0.15, 0.2) is 0 Å². The molecule has 17 N–H and O–H groups in total. The standard InChI is InChI=1S/C60H107N6O28P/c1-34(16-19-46(74)61-22-8-11-25-88-58-35(2)51(78)53(80)43(30-68)92-58)42(73)28-38(17-20-47(75)62-23-10-13-27-90-60-50(64-37(4)71)56(83)55(82)45(32-70)94-60)57(84)66-40(41(72)14-6-7-15-49(77)65-39(29-67)33-91-95(85,86)87-5)18-21-48(76)63-24-9-12-26-89-59-36(3)52(79)54(81)44(31-69)93-59/h34-36,38-40,43-45,50-56,58-60,67-70,78-83H,6-33H2,1-5H3,(H,61,74)(H,62,75)(H,63,76)(H,64,71)(H,65,77)(H,66,84)(H,85,86)/t34-,35+,36+,38+,39+,40-,43+,44+,45+,50+,51+,52+,53-,54-,55-,56+,58+,59+,60+/m0/s1. The predicted octanol–water partition coefficient (Wildman–Crippen LogP) is -3.77. The molecular formula is C60H107N6O28P. The lowest BCUT2D eigenvalue weighted by molar-refractivity contribution is -0.282. The Morgan fingerprint density at radius 1 is 0.526 bits per heavy atom. The maximum Gasteiger partial charge on any atom is 0.471 e. The fourth-order valence-corrected chi connectivity index (χ4v) is 11.0. The Morgan fingerprint density at radius 3 is 1.43 bits per heavy atom. The molecule has 35 heteroatoms. The van der Waals surface area contributed by atoms with Gasteiger partial charge in [0.25, 0.3) is 0 Å². The molecule has 0 bridgehead atoms. The van der Waals surface area contributed by atoms with Gasteiger partial charge >= 0.3 is 7.82 Å². The lowest BCUT2D eigenvalue weighted by atomic mass is 9.88. The maximum absolute atomic E-state index is 14.4. The van der Waals surface area contributed by atoms with Gasteiger partial charge in [0, 0.05) is 116 Å². The Kier molecular flexibility index (Phi) is 40.5. The van der Waals surface area contributed by atoms with E-state index in [9.17, 15) is 98.9 Å². The number of ketones is 2. The van der Waals surface area contributed by atoms with Crippen LogP contribution in [0.3, 0.4) is 0 Å². The Bertz CT molecular complexity index is 2370. The highest BCUT2D eigenvalue weighted by molar-refractivity contribution is 7.47. The Labute approximate surface area is 553 Å². The van der Waals surface area contributed by atoms with Crippen molar-refractivity contribution in [3.05, 3.63) is 0 Å². The molecule has 3 saturated heterocycles. The lowest BCUT2D eigenvalue weighted by Crippen LogP contribution is -2.64. The van der Waals surface area contributed by atoms with E-state index >= 15 is 0 Å². The molecule has 0 aromatic carbocycles. The van der Waals surface area contributed by atoms with Gasteiger partial charge in [-0.05, 0) is 70.6 Å². The van der Waals surface area contributed by atoms with E-state index in [2.05, 4.69) is 36.4 Å². The van der Waals surface area contributed by atoms with Crippen LogP contribution in [0.25, 0.3) is 0 Å². The number of rotatable bonds is 48. The third-order valence-electron chi connectivity index (χ3n) is 16.7. The second kappa shape index (κ2) is 45.3. The Balaban J connectivity index is 1.69. The molecule has 0 saturated carbocycles. The summed E-state index contributed by atoms with van der Waals surface area (Å²) in [5.74, 6) is -7.37. The molecule has 0 aromatic rings. The molecule has 3 rings (SSSR count). The molecule has 0 aromatic heterocycles. The highest BCUT2D eigenvalue weighted by Crippen LogP contribution is 2.42. The molecule has 0 aliphatic carbocycles. The maximum atomic E-state index is 14.4. The zero-order valence-corrected chi connectivity index (χ0v) is 56.0. The number of unbranched alkanes of at least 4 members (excludes halogenated alkanes) is 4.